The van der Waals surface area contributed by atoms with Gasteiger partial charge in [-0.25, -0.2) is 4.39 Å². The zero-order valence-corrected chi connectivity index (χ0v) is 16.8. The molecule has 0 radical (unpaired) electrons. The lowest BCUT2D eigenvalue weighted by molar-refractivity contribution is -0.385. The van der Waals surface area contributed by atoms with Crippen LogP contribution in [0.25, 0.3) is 0 Å². The maximum absolute atomic E-state index is 12.9. The number of carbonyl (C=O) groups excluding carboxylic acids is 1. The molecule has 3 rings (SSSR count). The predicted molar refractivity (Wildman–Crippen MR) is 108 cm³/mol. The minimum Gasteiger partial charge on any atom is -0.487 e. The minimum atomic E-state index is -0.600. The summed E-state index contributed by atoms with van der Waals surface area (Å²) in [5.74, 6) is -0.158. The molecule has 2 aromatic carbocycles. The van der Waals surface area contributed by atoms with Crippen LogP contribution in [-0.2, 0) is 5.75 Å². The molecule has 0 saturated carbocycles. The molecule has 0 atom stereocenters. The number of hydrogen-bond donors (Lipinski definition) is 1. The first-order valence-corrected chi connectivity index (χ1v) is 10.2. The summed E-state index contributed by atoms with van der Waals surface area (Å²) >= 11 is 2.58. The van der Waals surface area contributed by atoms with Crippen LogP contribution in [0.3, 0.4) is 0 Å². The Hall–Kier alpha value is -3.05. The third-order valence-electron chi connectivity index (χ3n) is 3.62. The van der Waals surface area contributed by atoms with Gasteiger partial charge in [-0.05, 0) is 36.8 Å². The van der Waals surface area contributed by atoms with Gasteiger partial charge in [-0.3, -0.25) is 20.2 Å². The van der Waals surface area contributed by atoms with Gasteiger partial charge in [-0.2, -0.15) is 0 Å². The largest absolute Gasteiger partial charge is 0.487 e. The van der Waals surface area contributed by atoms with Crippen LogP contribution in [0.2, 0.25) is 0 Å². The molecular weight excluding hydrogens is 419 g/mol. The normalized spacial score (nSPS) is 10.6. The summed E-state index contributed by atoms with van der Waals surface area (Å²) in [6.07, 6.45) is 0. The Labute approximate surface area is 173 Å². The lowest BCUT2D eigenvalue weighted by Gasteiger charge is -2.06. The number of thioether (sulfide) groups is 1. The first-order chi connectivity index (χ1) is 14.0. The van der Waals surface area contributed by atoms with E-state index in [1.165, 1.54) is 47.4 Å². The summed E-state index contributed by atoms with van der Waals surface area (Å²) in [4.78, 5) is 23.0. The third-order valence-corrected chi connectivity index (χ3v) is 5.66. The van der Waals surface area contributed by atoms with E-state index in [0.29, 0.717) is 10.1 Å². The summed E-state index contributed by atoms with van der Waals surface area (Å²) in [6.45, 7) is 1.99. The van der Waals surface area contributed by atoms with E-state index in [1.54, 1.807) is 19.1 Å². The monoisotopic (exact) mass is 434 g/mol. The van der Waals surface area contributed by atoms with Crippen molar-refractivity contribution >= 4 is 39.8 Å². The predicted octanol–water partition coefficient (Wildman–Crippen LogP) is 4.53. The molecule has 0 aliphatic heterocycles. The molecule has 0 aliphatic rings. The van der Waals surface area contributed by atoms with Crippen LogP contribution in [0.4, 0.5) is 15.2 Å². The third kappa shape index (κ3) is 5.48. The Balaban J connectivity index is 1.64. The standard InChI is InChI=1S/C18H15FN4O4S2/c1-2-27-15-8-5-12(9-14(15)23(25)26)16(24)20-17-21-22-18(29-17)28-10-11-3-6-13(19)7-4-11/h3-9H,2,10H2,1H3,(H,20,21,24). The summed E-state index contributed by atoms with van der Waals surface area (Å²) in [5, 5.41) is 21.9. The molecule has 29 heavy (non-hydrogen) atoms. The van der Waals surface area contributed by atoms with Crippen molar-refractivity contribution in [1.82, 2.24) is 10.2 Å². The Morgan fingerprint density at radius 2 is 2.03 bits per heavy atom. The molecule has 0 fully saturated rings. The Kier molecular flexibility index (Phi) is 6.73. The van der Waals surface area contributed by atoms with E-state index in [9.17, 15) is 19.3 Å². The molecule has 0 aliphatic carbocycles. The van der Waals surface area contributed by atoms with Gasteiger partial charge >= 0.3 is 5.69 Å². The highest BCUT2D eigenvalue weighted by Gasteiger charge is 2.19. The van der Waals surface area contributed by atoms with Gasteiger partial charge in [-0.15, -0.1) is 10.2 Å². The second kappa shape index (κ2) is 9.43. The summed E-state index contributed by atoms with van der Waals surface area (Å²) in [7, 11) is 0. The number of anilines is 1. The van der Waals surface area contributed by atoms with Crippen molar-refractivity contribution in [1.29, 1.82) is 0 Å². The van der Waals surface area contributed by atoms with Gasteiger partial charge in [0.1, 0.15) is 5.82 Å². The molecule has 1 aromatic heterocycles. The van der Waals surface area contributed by atoms with E-state index in [0.717, 1.165) is 11.6 Å². The van der Waals surface area contributed by atoms with E-state index in [2.05, 4.69) is 15.5 Å². The highest BCUT2D eigenvalue weighted by atomic mass is 32.2. The number of nitro benzene ring substituents is 1. The van der Waals surface area contributed by atoms with Crippen LogP contribution in [0.15, 0.2) is 46.8 Å². The Morgan fingerprint density at radius 1 is 1.28 bits per heavy atom. The Bertz CT molecular complexity index is 1030. The molecule has 0 unspecified atom stereocenters. The molecule has 1 amide bonds. The van der Waals surface area contributed by atoms with Crippen LogP contribution in [0.5, 0.6) is 5.75 Å². The van der Waals surface area contributed by atoms with Gasteiger partial charge in [-0.1, -0.05) is 35.2 Å². The second-order valence-electron chi connectivity index (χ2n) is 5.62. The van der Waals surface area contributed by atoms with Crippen LogP contribution in [0, 0.1) is 15.9 Å². The average Bonchev–Trinajstić information content (AvgIpc) is 3.15. The lowest BCUT2D eigenvalue weighted by atomic mass is 10.2. The van der Waals surface area contributed by atoms with E-state index in [4.69, 9.17) is 4.74 Å². The lowest BCUT2D eigenvalue weighted by Crippen LogP contribution is -2.12. The zero-order chi connectivity index (χ0) is 20.8. The van der Waals surface area contributed by atoms with Gasteiger partial charge < -0.3 is 4.74 Å². The van der Waals surface area contributed by atoms with Crippen molar-refractivity contribution in [2.24, 2.45) is 0 Å². The summed E-state index contributed by atoms with van der Waals surface area (Å²) < 4.78 is 18.8. The highest BCUT2D eigenvalue weighted by molar-refractivity contribution is 8.00. The fraction of sp³-hybridized carbons (Fsp3) is 0.167. The molecule has 1 heterocycles. The fourth-order valence-electron chi connectivity index (χ4n) is 2.29. The van der Waals surface area contributed by atoms with Crippen LogP contribution < -0.4 is 10.1 Å². The molecule has 0 spiro atoms. The van der Waals surface area contributed by atoms with Gasteiger partial charge in [0.05, 0.1) is 11.5 Å². The van der Waals surface area contributed by atoms with Crippen molar-refractivity contribution < 1.29 is 18.8 Å². The maximum Gasteiger partial charge on any atom is 0.311 e. The topological polar surface area (TPSA) is 107 Å². The first kappa shape index (κ1) is 20.7. The van der Waals surface area contributed by atoms with Gasteiger partial charge in [0.2, 0.25) is 5.13 Å². The molecule has 8 nitrogen and oxygen atoms in total. The molecule has 3 aromatic rings. The number of nitrogens with zero attached hydrogens (tertiary/aromatic N) is 3. The molecule has 1 N–H and O–H groups in total. The number of carbonyl (C=O) groups is 1. The number of benzene rings is 2. The fourth-order valence-corrected chi connectivity index (χ4v) is 4.00. The summed E-state index contributed by atoms with van der Waals surface area (Å²) in [5.41, 5.74) is 0.752. The number of nitro groups is 1. The highest BCUT2D eigenvalue weighted by Crippen LogP contribution is 2.30. The van der Waals surface area contributed by atoms with Crippen molar-refractivity contribution in [3.8, 4) is 5.75 Å². The first-order valence-electron chi connectivity index (χ1n) is 8.39. The van der Waals surface area contributed by atoms with Crippen LogP contribution in [-0.4, -0.2) is 27.6 Å². The van der Waals surface area contributed by atoms with E-state index >= 15 is 0 Å². The molecule has 11 heteroatoms. The Morgan fingerprint density at radius 3 is 2.72 bits per heavy atom. The van der Waals surface area contributed by atoms with Gasteiger partial charge in [0, 0.05) is 17.4 Å². The van der Waals surface area contributed by atoms with E-state index in [-0.39, 0.29) is 34.6 Å². The number of aromatic nitrogens is 2. The number of amides is 1. The van der Waals surface area contributed by atoms with E-state index < -0.39 is 10.8 Å². The number of hydrogen-bond acceptors (Lipinski definition) is 8. The molecule has 0 saturated heterocycles. The smallest absolute Gasteiger partial charge is 0.311 e. The van der Waals surface area contributed by atoms with Gasteiger partial charge in [0.15, 0.2) is 10.1 Å². The zero-order valence-electron chi connectivity index (χ0n) is 15.1. The van der Waals surface area contributed by atoms with Crippen molar-refractivity contribution in [2.45, 2.75) is 17.0 Å². The van der Waals surface area contributed by atoms with Crippen molar-refractivity contribution in [3.63, 3.8) is 0 Å². The summed E-state index contributed by atoms with van der Waals surface area (Å²) in [6, 6.07) is 10.1. The molecule has 0 bridgehead atoms. The van der Waals surface area contributed by atoms with Crippen LogP contribution >= 0.6 is 23.1 Å². The SMILES string of the molecule is CCOc1ccc(C(=O)Nc2nnc(SCc3ccc(F)cc3)s2)cc1[N+](=O)[O-]. The van der Waals surface area contributed by atoms with Gasteiger partial charge in [0.25, 0.3) is 5.91 Å². The van der Waals surface area contributed by atoms with Crippen molar-refractivity contribution in [2.75, 3.05) is 11.9 Å². The number of halogens is 1. The number of rotatable bonds is 8. The molecule has 150 valence electrons. The maximum atomic E-state index is 12.9. The van der Waals surface area contributed by atoms with Crippen molar-refractivity contribution in [3.05, 3.63) is 69.5 Å². The molecular formula is C18H15FN4O4S2. The number of nitrogens with one attached hydrogen (secondary N) is 1. The second-order valence-corrected chi connectivity index (χ2v) is 7.82. The average molecular weight is 434 g/mol. The van der Waals surface area contributed by atoms with E-state index in [1.807, 2.05) is 0 Å². The van der Waals surface area contributed by atoms with Crippen LogP contribution in [0.1, 0.15) is 22.8 Å². The number of ether oxygens (including phenoxy) is 1. The minimum absolute atomic E-state index is 0.101. The quantitative estimate of drug-likeness (QED) is 0.240.